The van der Waals surface area contributed by atoms with Crippen LogP contribution in [-0.4, -0.2) is 9.78 Å². The number of aromatic nitrogens is 2. The summed E-state index contributed by atoms with van der Waals surface area (Å²) in [5.41, 5.74) is 7.64. The highest BCUT2D eigenvalue weighted by Crippen LogP contribution is 2.25. The van der Waals surface area contributed by atoms with Gasteiger partial charge in [-0.1, -0.05) is 6.07 Å². The van der Waals surface area contributed by atoms with Gasteiger partial charge in [0.1, 0.15) is 0 Å². The third-order valence-electron chi connectivity index (χ3n) is 2.92. The van der Waals surface area contributed by atoms with Crippen LogP contribution in [0.25, 0.3) is 0 Å². The second-order valence-electron chi connectivity index (χ2n) is 4.25. The zero-order valence-electron chi connectivity index (χ0n) is 10.4. The molecule has 1 atom stereocenters. The largest absolute Gasteiger partial charge is 0.322 e. The minimum absolute atomic E-state index is 0.332. The minimum atomic E-state index is -0.854. The van der Waals surface area contributed by atoms with Crippen LogP contribution in [0.2, 0.25) is 0 Å². The summed E-state index contributed by atoms with van der Waals surface area (Å²) in [6.07, 6.45) is 2.10. The Morgan fingerprint density at radius 1 is 1.37 bits per heavy atom. The number of hydrogen-bond donors (Lipinski definition) is 1. The van der Waals surface area contributed by atoms with Gasteiger partial charge in [-0.05, 0) is 47.0 Å². The van der Waals surface area contributed by atoms with Gasteiger partial charge in [-0.2, -0.15) is 5.10 Å². The first kappa shape index (κ1) is 14.1. The Kier molecular flexibility index (Phi) is 4.31. The van der Waals surface area contributed by atoms with Crippen LogP contribution in [0, 0.1) is 11.6 Å². The highest BCUT2D eigenvalue weighted by atomic mass is 79.9. The smallest absolute Gasteiger partial charge is 0.159 e. The molecular weight excluding hydrogens is 316 g/mol. The van der Waals surface area contributed by atoms with Crippen LogP contribution in [0.4, 0.5) is 8.78 Å². The molecular formula is C13H14BrF2N3. The molecule has 2 N–H and O–H groups in total. The van der Waals surface area contributed by atoms with E-state index in [1.165, 1.54) is 6.07 Å². The number of nitrogens with zero attached hydrogens (tertiary/aromatic N) is 2. The average Bonchev–Trinajstić information content (AvgIpc) is 2.75. The average molecular weight is 330 g/mol. The Morgan fingerprint density at radius 3 is 2.74 bits per heavy atom. The van der Waals surface area contributed by atoms with Crippen molar-refractivity contribution in [3.8, 4) is 0 Å². The molecule has 19 heavy (non-hydrogen) atoms. The van der Waals surface area contributed by atoms with Crippen molar-refractivity contribution in [2.75, 3.05) is 0 Å². The quantitative estimate of drug-likeness (QED) is 0.936. The summed E-state index contributed by atoms with van der Waals surface area (Å²) < 4.78 is 28.6. The number of nitrogens with two attached hydrogens (primary N) is 1. The first-order valence-corrected chi connectivity index (χ1v) is 6.73. The lowest BCUT2D eigenvalue weighted by atomic mass is 10.0. The van der Waals surface area contributed by atoms with E-state index in [4.69, 9.17) is 5.73 Å². The molecule has 0 amide bonds. The number of halogens is 3. The maximum Gasteiger partial charge on any atom is 0.159 e. The fraction of sp³-hybridized carbons (Fsp3) is 0.308. The van der Waals surface area contributed by atoms with Crippen molar-refractivity contribution < 1.29 is 8.78 Å². The van der Waals surface area contributed by atoms with Crippen LogP contribution >= 0.6 is 15.9 Å². The van der Waals surface area contributed by atoms with Crippen molar-refractivity contribution in [3.63, 3.8) is 0 Å². The van der Waals surface area contributed by atoms with Gasteiger partial charge in [0.05, 0.1) is 22.4 Å². The predicted octanol–water partition coefficient (Wildman–Crippen LogP) is 3.19. The molecule has 3 nitrogen and oxygen atoms in total. The molecule has 1 aromatic heterocycles. The Labute approximate surface area is 118 Å². The molecule has 0 radical (unpaired) electrons. The number of aryl methyl sites for hydroxylation is 1. The van der Waals surface area contributed by atoms with Gasteiger partial charge in [-0.15, -0.1) is 0 Å². The van der Waals surface area contributed by atoms with Crippen LogP contribution in [0.15, 0.2) is 28.9 Å². The molecule has 2 aromatic rings. The number of rotatable bonds is 4. The van der Waals surface area contributed by atoms with Gasteiger partial charge in [0, 0.05) is 6.54 Å². The molecule has 0 bridgehead atoms. The Morgan fingerprint density at radius 2 is 2.11 bits per heavy atom. The lowest BCUT2D eigenvalue weighted by Crippen LogP contribution is -2.19. The molecule has 2 rings (SSSR count). The molecule has 0 saturated heterocycles. The highest BCUT2D eigenvalue weighted by molar-refractivity contribution is 9.10. The number of benzene rings is 1. The van der Waals surface area contributed by atoms with Gasteiger partial charge >= 0.3 is 0 Å². The Bertz CT molecular complexity index is 583. The third-order valence-corrected chi connectivity index (χ3v) is 3.53. The van der Waals surface area contributed by atoms with Gasteiger partial charge in [0.2, 0.25) is 0 Å². The van der Waals surface area contributed by atoms with Crippen molar-refractivity contribution in [2.45, 2.75) is 25.9 Å². The van der Waals surface area contributed by atoms with E-state index in [2.05, 4.69) is 21.0 Å². The van der Waals surface area contributed by atoms with Gasteiger partial charge in [-0.25, -0.2) is 8.78 Å². The summed E-state index contributed by atoms with van der Waals surface area (Å²) in [5.74, 6) is -1.70. The normalized spacial score (nSPS) is 12.7. The minimum Gasteiger partial charge on any atom is -0.322 e. The summed E-state index contributed by atoms with van der Waals surface area (Å²) in [4.78, 5) is 0. The molecule has 0 spiro atoms. The summed E-state index contributed by atoms with van der Waals surface area (Å²) >= 11 is 3.40. The lowest BCUT2D eigenvalue weighted by molar-refractivity contribution is 0.505. The zero-order valence-corrected chi connectivity index (χ0v) is 12.0. The molecule has 1 heterocycles. The Balaban J connectivity index is 2.22. The molecule has 1 aromatic carbocycles. The van der Waals surface area contributed by atoms with Gasteiger partial charge in [-0.3, -0.25) is 4.68 Å². The van der Waals surface area contributed by atoms with E-state index >= 15 is 0 Å². The first-order valence-electron chi connectivity index (χ1n) is 5.93. The monoisotopic (exact) mass is 329 g/mol. The summed E-state index contributed by atoms with van der Waals surface area (Å²) in [6, 6.07) is 3.50. The molecule has 0 aliphatic rings. The van der Waals surface area contributed by atoms with Crippen LogP contribution in [-0.2, 0) is 13.0 Å². The second-order valence-corrected chi connectivity index (χ2v) is 5.11. The van der Waals surface area contributed by atoms with E-state index in [0.29, 0.717) is 18.5 Å². The van der Waals surface area contributed by atoms with E-state index in [1.807, 2.05) is 6.92 Å². The zero-order chi connectivity index (χ0) is 14.0. The van der Waals surface area contributed by atoms with Crippen LogP contribution in [0.5, 0.6) is 0 Å². The van der Waals surface area contributed by atoms with Crippen molar-refractivity contribution in [3.05, 3.63) is 51.8 Å². The van der Waals surface area contributed by atoms with E-state index in [0.717, 1.165) is 16.2 Å². The fourth-order valence-electron chi connectivity index (χ4n) is 2.01. The lowest BCUT2D eigenvalue weighted by Gasteiger charge is -2.14. The second kappa shape index (κ2) is 5.79. The van der Waals surface area contributed by atoms with Gasteiger partial charge < -0.3 is 5.73 Å². The van der Waals surface area contributed by atoms with Crippen LogP contribution in [0.3, 0.4) is 0 Å². The predicted molar refractivity (Wildman–Crippen MR) is 72.6 cm³/mol. The topological polar surface area (TPSA) is 43.8 Å². The summed E-state index contributed by atoms with van der Waals surface area (Å²) in [7, 11) is 0. The molecule has 6 heteroatoms. The maximum absolute atomic E-state index is 13.2. The molecule has 0 saturated carbocycles. The van der Waals surface area contributed by atoms with Crippen molar-refractivity contribution >= 4 is 15.9 Å². The van der Waals surface area contributed by atoms with E-state index < -0.39 is 11.6 Å². The van der Waals surface area contributed by atoms with E-state index in [1.54, 1.807) is 16.9 Å². The first-order chi connectivity index (χ1) is 9.02. The van der Waals surface area contributed by atoms with E-state index in [-0.39, 0.29) is 6.04 Å². The van der Waals surface area contributed by atoms with Crippen molar-refractivity contribution in [1.82, 2.24) is 9.78 Å². The molecule has 0 aliphatic heterocycles. The summed E-state index contributed by atoms with van der Waals surface area (Å²) in [5, 5.41) is 4.18. The highest BCUT2D eigenvalue weighted by Gasteiger charge is 2.17. The van der Waals surface area contributed by atoms with Crippen molar-refractivity contribution in [2.24, 2.45) is 5.73 Å². The SMILES string of the molecule is CCn1ncc(Br)c1C(N)Cc1ccc(F)c(F)c1. The van der Waals surface area contributed by atoms with Crippen molar-refractivity contribution in [1.29, 1.82) is 0 Å². The van der Waals surface area contributed by atoms with E-state index in [9.17, 15) is 8.78 Å². The number of hydrogen-bond acceptors (Lipinski definition) is 2. The molecule has 0 fully saturated rings. The van der Waals surface area contributed by atoms with Crippen LogP contribution < -0.4 is 5.73 Å². The third kappa shape index (κ3) is 3.01. The van der Waals surface area contributed by atoms with Gasteiger partial charge in [0.15, 0.2) is 11.6 Å². The van der Waals surface area contributed by atoms with Crippen LogP contribution in [0.1, 0.15) is 24.2 Å². The molecule has 1 unspecified atom stereocenters. The maximum atomic E-state index is 13.2. The standard InChI is InChI=1S/C13H14BrF2N3/c1-2-19-13(9(14)7-18-19)12(17)6-8-3-4-10(15)11(16)5-8/h3-5,7,12H,2,6,17H2,1H3. The fourth-order valence-corrected chi connectivity index (χ4v) is 2.60. The Hall–Kier alpha value is -1.27. The van der Waals surface area contributed by atoms with Gasteiger partial charge in [0.25, 0.3) is 0 Å². The summed E-state index contributed by atoms with van der Waals surface area (Å²) in [6.45, 7) is 2.67. The molecule has 0 aliphatic carbocycles. The molecule has 102 valence electrons.